The van der Waals surface area contributed by atoms with Gasteiger partial charge in [-0.3, -0.25) is 0 Å². The van der Waals surface area contributed by atoms with Crippen molar-refractivity contribution >= 4 is 11.7 Å². The van der Waals surface area contributed by atoms with Crippen molar-refractivity contribution in [1.29, 1.82) is 0 Å². The lowest BCUT2D eigenvalue weighted by atomic mass is 10.1. The van der Waals surface area contributed by atoms with Crippen molar-refractivity contribution in [2.75, 3.05) is 19.0 Å². The van der Waals surface area contributed by atoms with Crippen LogP contribution in [0.3, 0.4) is 0 Å². The van der Waals surface area contributed by atoms with Crippen LogP contribution in [0.5, 0.6) is 5.75 Å². The molecule has 2 aromatic carbocycles. The fraction of sp³-hybridized carbons (Fsp3) is 0.278. The molecule has 0 saturated carbocycles. The maximum atomic E-state index is 11.9. The summed E-state index contributed by atoms with van der Waals surface area (Å²) in [5.41, 5.74) is 4.24. The van der Waals surface area contributed by atoms with Gasteiger partial charge >= 0.3 is 6.03 Å². The zero-order valence-electron chi connectivity index (χ0n) is 13.3. The van der Waals surface area contributed by atoms with Crippen LogP contribution in [-0.2, 0) is 6.42 Å². The Morgan fingerprint density at radius 3 is 2.45 bits per heavy atom. The Hall–Kier alpha value is -2.49. The molecule has 0 radical (unpaired) electrons. The van der Waals surface area contributed by atoms with Crippen LogP contribution in [0, 0.1) is 13.8 Å². The van der Waals surface area contributed by atoms with E-state index >= 15 is 0 Å². The summed E-state index contributed by atoms with van der Waals surface area (Å²) in [6.07, 6.45) is 0.782. The molecule has 22 heavy (non-hydrogen) atoms. The highest BCUT2D eigenvalue weighted by atomic mass is 16.5. The summed E-state index contributed by atoms with van der Waals surface area (Å²) in [4.78, 5) is 11.9. The number of carbonyl (C=O) groups excluding carboxylic acids is 1. The van der Waals surface area contributed by atoms with Gasteiger partial charge in [-0.2, -0.15) is 0 Å². The first-order valence-corrected chi connectivity index (χ1v) is 7.33. The van der Waals surface area contributed by atoms with Crippen LogP contribution in [0.4, 0.5) is 10.5 Å². The lowest BCUT2D eigenvalue weighted by Crippen LogP contribution is -2.30. The van der Waals surface area contributed by atoms with Gasteiger partial charge in [-0.1, -0.05) is 29.8 Å². The molecule has 0 atom stereocenters. The molecule has 0 aliphatic heterocycles. The van der Waals surface area contributed by atoms with Crippen LogP contribution >= 0.6 is 0 Å². The predicted molar refractivity (Wildman–Crippen MR) is 89.6 cm³/mol. The van der Waals surface area contributed by atoms with Crippen molar-refractivity contribution in [3.8, 4) is 5.75 Å². The molecule has 0 aliphatic rings. The molecule has 0 heterocycles. The Balaban J connectivity index is 1.79. The van der Waals surface area contributed by atoms with Crippen molar-refractivity contribution in [3.05, 3.63) is 59.2 Å². The first-order chi connectivity index (χ1) is 10.6. The lowest BCUT2D eigenvalue weighted by Gasteiger charge is -2.10. The van der Waals surface area contributed by atoms with E-state index in [1.807, 2.05) is 56.3 Å². The van der Waals surface area contributed by atoms with E-state index in [1.165, 1.54) is 5.56 Å². The molecule has 2 N–H and O–H groups in total. The number of anilines is 1. The number of nitrogens with one attached hydrogen (secondary N) is 2. The Kier molecular flexibility index (Phi) is 5.42. The van der Waals surface area contributed by atoms with E-state index < -0.39 is 0 Å². The first-order valence-electron chi connectivity index (χ1n) is 7.33. The monoisotopic (exact) mass is 298 g/mol. The average Bonchev–Trinajstić information content (AvgIpc) is 2.51. The van der Waals surface area contributed by atoms with E-state index in [2.05, 4.69) is 10.6 Å². The molecule has 0 aromatic heterocycles. The molecule has 0 spiro atoms. The largest absolute Gasteiger partial charge is 0.497 e. The van der Waals surface area contributed by atoms with Gasteiger partial charge in [0.2, 0.25) is 0 Å². The minimum atomic E-state index is -0.180. The molecule has 0 aliphatic carbocycles. The Bertz CT molecular complexity index is 636. The van der Waals surface area contributed by atoms with Gasteiger partial charge in [0, 0.05) is 12.2 Å². The van der Waals surface area contributed by atoms with Crippen molar-refractivity contribution in [1.82, 2.24) is 5.32 Å². The highest BCUT2D eigenvalue weighted by molar-refractivity contribution is 5.90. The minimum absolute atomic E-state index is 0.180. The van der Waals surface area contributed by atoms with Gasteiger partial charge in [-0.15, -0.1) is 0 Å². The van der Waals surface area contributed by atoms with Crippen LogP contribution in [-0.4, -0.2) is 19.7 Å². The van der Waals surface area contributed by atoms with Gasteiger partial charge in [0.05, 0.1) is 7.11 Å². The number of urea groups is 1. The number of hydrogen-bond acceptors (Lipinski definition) is 2. The Morgan fingerprint density at radius 2 is 1.82 bits per heavy atom. The highest BCUT2D eigenvalue weighted by Gasteiger charge is 2.04. The summed E-state index contributed by atoms with van der Waals surface area (Å²) >= 11 is 0. The normalized spacial score (nSPS) is 10.1. The van der Waals surface area contributed by atoms with E-state index in [4.69, 9.17) is 4.74 Å². The molecule has 0 unspecified atom stereocenters. The second kappa shape index (κ2) is 7.50. The number of ether oxygens (including phenoxy) is 1. The average molecular weight is 298 g/mol. The van der Waals surface area contributed by atoms with Crippen molar-refractivity contribution in [2.45, 2.75) is 20.3 Å². The number of amides is 2. The van der Waals surface area contributed by atoms with Gasteiger partial charge in [-0.05, 0) is 49.6 Å². The summed E-state index contributed by atoms with van der Waals surface area (Å²) in [7, 11) is 1.65. The minimum Gasteiger partial charge on any atom is -0.497 e. The maximum Gasteiger partial charge on any atom is 0.319 e. The standard InChI is InChI=1S/C18H22N2O2/c1-13-4-9-17(14(2)12-13)20-18(21)19-11-10-15-5-7-16(22-3)8-6-15/h4-9,12H,10-11H2,1-3H3,(H2,19,20,21). The lowest BCUT2D eigenvalue weighted by molar-refractivity contribution is 0.252. The Morgan fingerprint density at radius 1 is 1.09 bits per heavy atom. The van der Waals surface area contributed by atoms with Crippen LogP contribution in [0.15, 0.2) is 42.5 Å². The molecule has 2 aromatic rings. The van der Waals surface area contributed by atoms with Gasteiger partial charge in [0.15, 0.2) is 0 Å². The number of carbonyl (C=O) groups is 1. The fourth-order valence-electron chi connectivity index (χ4n) is 2.23. The van der Waals surface area contributed by atoms with E-state index in [1.54, 1.807) is 7.11 Å². The maximum absolute atomic E-state index is 11.9. The molecule has 0 fully saturated rings. The molecular formula is C18H22N2O2. The molecule has 2 rings (SSSR count). The second-order valence-electron chi connectivity index (χ2n) is 5.30. The van der Waals surface area contributed by atoms with Crippen LogP contribution in [0.2, 0.25) is 0 Å². The third-order valence-electron chi connectivity index (χ3n) is 3.49. The third kappa shape index (κ3) is 4.52. The number of rotatable bonds is 5. The van der Waals surface area contributed by atoms with Gasteiger partial charge in [0.25, 0.3) is 0 Å². The van der Waals surface area contributed by atoms with Crippen molar-refractivity contribution in [2.24, 2.45) is 0 Å². The summed E-state index contributed by atoms with van der Waals surface area (Å²) in [5, 5.41) is 5.74. The third-order valence-corrected chi connectivity index (χ3v) is 3.49. The van der Waals surface area contributed by atoms with Gasteiger partial charge < -0.3 is 15.4 Å². The zero-order chi connectivity index (χ0) is 15.9. The van der Waals surface area contributed by atoms with E-state index in [9.17, 15) is 4.79 Å². The summed E-state index contributed by atoms with van der Waals surface area (Å²) in [6, 6.07) is 13.6. The fourth-order valence-corrected chi connectivity index (χ4v) is 2.23. The quantitative estimate of drug-likeness (QED) is 0.884. The predicted octanol–water partition coefficient (Wildman–Crippen LogP) is 3.68. The summed E-state index contributed by atoms with van der Waals surface area (Å²) in [6.45, 7) is 4.61. The molecule has 116 valence electrons. The zero-order valence-corrected chi connectivity index (χ0v) is 13.3. The van der Waals surface area contributed by atoms with E-state index in [0.717, 1.165) is 29.0 Å². The number of hydrogen-bond donors (Lipinski definition) is 2. The molecule has 4 heteroatoms. The van der Waals surface area contributed by atoms with E-state index in [0.29, 0.717) is 6.54 Å². The Labute approximate surface area is 131 Å². The topological polar surface area (TPSA) is 50.4 Å². The SMILES string of the molecule is COc1ccc(CCNC(=O)Nc2ccc(C)cc2C)cc1. The van der Waals surface area contributed by atoms with Crippen LogP contribution in [0.1, 0.15) is 16.7 Å². The smallest absolute Gasteiger partial charge is 0.319 e. The van der Waals surface area contributed by atoms with Crippen molar-refractivity contribution in [3.63, 3.8) is 0 Å². The van der Waals surface area contributed by atoms with Gasteiger partial charge in [0.1, 0.15) is 5.75 Å². The summed E-state index contributed by atoms with van der Waals surface area (Å²) < 4.78 is 5.12. The number of benzene rings is 2. The number of aryl methyl sites for hydroxylation is 2. The highest BCUT2D eigenvalue weighted by Crippen LogP contribution is 2.15. The summed E-state index contributed by atoms with van der Waals surface area (Å²) in [5.74, 6) is 0.837. The molecule has 2 amide bonds. The van der Waals surface area contributed by atoms with Crippen LogP contribution in [0.25, 0.3) is 0 Å². The van der Waals surface area contributed by atoms with Gasteiger partial charge in [-0.25, -0.2) is 4.79 Å². The van der Waals surface area contributed by atoms with E-state index in [-0.39, 0.29) is 6.03 Å². The second-order valence-corrected chi connectivity index (χ2v) is 5.30. The first kappa shape index (κ1) is 15.9. The molecule has 0 bridgehead atoms. The number of methoxy groups -OCH3 is 1. The molecule has 0 saturated heterocycles. The van der Waals surface area contributed by atoms with Crippen LogP contribution < -0.4 is 15.4 Å². The molecular weight excluding hydrogens is 276 g/mol. The molecule has 4 nitrogen and oxygen atoms in total. The van der Waals surface area contributed by atoms with Crippen molar-refractivity contribution < 1.29 is 9.53 Å².